The average Bonchev–Trinajstić information content (AvgIpc) is 3.06. The van der Waals surface area contributed by atoms with Crippen LogP contribution in [0.2, 0.25) is 0 Å². The van der Waals surface area contributed by atoms with Crippen LogP contribution in [0.15, 0.2) is 12.7 Å². The number of esters is 2. The second kappa shape index (κ2) is 17.4. The van der Waals surface area contributed by atoms with Gasteiger partial charge in [-0.3, -0.25) is 18.9 Å². The summed E-state index contributed by atoms with van der Waals surface area (Å²) < 4.78 is 400. The zero-order valence-electron chi connectivity index (χ0n) is 29.5. The van der Waals surface area contributed by atoms with Crippen molar-refractivity contribution in [2.24, 2.45) is 11.8 Å². The van der Waals surface area contributed by atoms with Gasteiger partial charge in [-0.25, -0.2) is 14.0 Å². The van der Waals surface area contributed by atoms with E-state index in [1.54, 1.807) is 4.74 Å². The first-order valence-corrected chi connectivity index (χ1v) is 15.5. The van der Waals surface area contributed by atoms with Gasteiger partial charge in [-0.1, -0.05) is 6.58 Å². The standard InChI is InChI=1S/C27H20F28O8/c1-3-12(56)58-8-10-4-6-11(7-5-10)9-59-13(57)15(29,20(36,37)38)60-25(50,51)16(30,21(39,40)41)62-27(54,55)18(32,23(45,46)47)63-26(52,53)17(31,22(42,43)44)61-24(48,49)14(2,28)19(33,34)35/h3,10-11H,1,4-9H2,2H3. The largest absolute Gasteiger partial charge is 0.462 e. The van der Waals surface area contributed by atoms with E-state index in [1.165, 1.54) is 4.74 Å². The highest BCUT2D eigenvalue weighted by Crippen LogP contribution is 2.61. The molecule has 1 aliphatic carbocycles. The molecule has 0 aromatic carbocycles. The Balaban J connectivity index is 3.78. The molecule has 5 unspecified atom stereocenters. The Hall–Kier alpha value is -3.44. The molecule has 0 N–H and O–H groups in total. The third-order valence-electron chi connectivity index (χ3n) is 8.04. The number of carbonyl (C=O) groups is 2. The van der Waals surface area contributed by atoms with Crippen LogP contribution in [0, 0.1) is 11.8 Å². The van der Waals surface area contributed by atoms with Crippen molar-refractivity contribution in [2.75, 3.05) is 13.2 Å². The fourth-order valence-electron chi connectivity index (χ4n) is 4.34. The molecule has 1 saturated carbocycles. The summed E-state index contributed by atoms with van der Waals surface area (Å²) in [5.41, 5.74) is -6.94. The van der Waals surface area contributed by atoms with Crippen LogP contribution in [-0.4, -0.2) is 110 Å². The van der Waals surface area contributed by atoms with Crippen LogP contribution >= 0.6 is 0 Å². The number of rotatable bonds is 18. The lowest BCUT2D eigenvalue weighted by molar-refractivity contribution is -0.590. The Morgan fingerprint density at radius 1 is 0.444 bits per heavy atom. The van der Waals surface area contributed by atoms with Crippen molar-refractivity contribution in [1.29, 1.82) is 0 Å². The maximum absolute atomic E-state index is 14.9. The summed E-state index contributed by atoms with van der Waals surface area (Å²) in [5.74, 6) is -41.1. The third-order valence-corrected chi connectivity index (χ3v) is 8.04. The smallest absolute Gasteiger partial charge is 0.460 e. The minimum absolute atomic E-state index is 0.0937. The summed E-state index contributed by atoms with van der Waals surface area (Å²) in [5, 5.41) is 0. The molecule has 0 aliphatic heterocycles. The first kappa shape index (κ1) is 57.6. The van der Waals surface area contributed by atoms with E-state index in [4.69, 9.17) is 0 Å². The lowest BCUT2D eigenvalue weighted by Crippen LogP contribution is -2.72. The molecule has 0 aromatic rings. The van der Waals surface area contributed by atoms with Crippen molar-refractivity contribution in [3.63, 3.8) is 0 Å². The van der Waals surface area contributed by atoms with E-state index in [0.717, 1.165) is 9.47 Å². The van der Waals surface area contributed by atoms with Gasteiger partial charge in [0.1, 0.15) is 0 Å². The van der Waals surface area contributed by atoms with Crippen molar-refractivity contribution in [2.45, 2.75) is 117 Å². The maximum atomic E-state index is 14.9. The van der Waals surface area contributed by atoms with Crippen LogP contribution in [0.4, 0.5) is 123 Å². The quantitative estimate of drug-likeness (QED) is 0.0762. The summed E-state index contributed by atoms with van der Waals surface area (Å²) in [6.07, 6.45) is -76.0. The molecule has 1 rings (SSSR count). The van der Waals surface area contributed by atoms with Gasteiger partial charge in [0.15, 0.2) is 0 Å². The molecule has 1 aliphatic rings. The molecule has 0 aromatic heterocycles. The Labute approximate surface area is 328 Å². The van der Waals surface area contributed by atoms with Gasteiger partial charge in [-0.05, 0) is 44.4 Å². The highest BCUT2D eigenvalue weighted by atomic mass is 19.4. The Bertz CT molecular complexity index is 1610. The van der Waals surface area contributed by atoms with Crippen LogP contribution in [0.5, 0.6) is 0 Å². The van der Waals surface area contributed by atoms with Gasteiger partial charge in [0, 0.05) is 6.08 Å². The van der Waals surface area contributed by atoms with Gasteiger partial charge in [-0.2, -0.15) is 119 Å². The normalized spacial score (nSPS) is 23.0. The lowest BCUT2D eigenvalue weighted by atomic mass is 9.83. The molecular formula is C27H20F28O8. The summed E-state index contributed by atoms with van der Waals surface area (Å²) >= 11 is 0. The minimum atomic E-state index is -9.19. The van der Waals surface area contributed by atoms with Crippen molar-refractivity contribution in [1.82, 2.24) is 0 Å². The number of carbonyl (C=O) groups excluding carboxylic acids is 2. The van der Waals surface area contributed by atoms with E-state index in [2.05, 4.69) is 16.1 Å². The van der Waals surface area contributed by atoms with Crippen LogP contribution in [-0.2, 0) is 38.0 Å². The Morgan fingerprint density at radius 3 is 1.00 bits per heavy atom. The van der Waals surface area contributed by atoms with Gasteiger partial charge >= 0.3 is 90.7 Å². The highest BCUT2D eigenvalue weighted by molar-refractivity contribution is 5.81. The summed E-state index contributed by atoms with van der Waals surface area (Å²) in [6, 6.07) is 0. The zero-order valence-corrected chi connectivity index (χ0v) is 29.5. The number of halogens is 28. The molecular weight excluding hydrogens is 984 g/mol. The monoisotopic (exact) mass is 1000 g/mol. The van der Waals surface area contributed by atoms with Gasteiger partial charge in [0.2, 0.25) is 0 Å². The van der Waals surface area contributed by atoms with E-state index in [-0.39, 0.29) is 32.3 Å². The van der Waals surface area contributed by atoms with E-state index in [1.807, 2.05) is 0 Å². The second-order valence-electron chi connectivity index (χ2n) is 12.7. The molecule has 1 fully saturated rings. The maximum Gasteiger partial charge on any atom is 0.460 e. The topological polar surface area (TPSA) is 89.5 Å². The molecule has 0 radical (unpaired) electrons. The van der Waals surface area contributed by atoms with E-state index in [9.17, 15) is 133 Å². The summed E-state index contributed by atoms with van der Waals surface area (Å²) in [4.78, 5) is 23.1. The van der Waals surface area contributed by atoms with Crippen LogP contribution in [0.1, 0.15) is 32.6 Å². The van der Waals surface area contributed by atoms with Crippen LogP contribution in [0.3, 0.4) is 0 Å². The highest BCUT2D eigenvalue weighted by Gasteiger charge is 2.90. The molecule has 0 bridgehead atoms. The predicted molar refractivity (Wildman–Crippen MR) is 137 cm³/mol. The molecule has 0 heterocycles. The van der Waals surface area contributed by atoms with Gasteiger partial charge in [0.05, 0.1) is 13.2 Å². The number of hydrogen-bond acceptors (Lipinski definition) is 8. The van der Waals surface area contributed by atoms with Crippen molar-refractivity contribution >= 4 is 11.9 Å². The zero-order chi connectivity index (χ0) is 50.5. The second-order valence-corrected chi connectivity index (χ2v) is 12.7. The van der Waals surface area contributed by atoms with E-state index in [0.29, 0.717) is 6.08 Å². The van der Waals surface area contributed by atoms with Crippen molar-refractivity contribution in [3.05, 3.63) is 12.7 Å². The van der Waals surface area contributed by atoms with Gasteiger partial charge in [-0.15, -0.1) is 0 Å². The molecule has 0 amide bonds. The van der Waals surface area contributed by atoms with Gasteiger partial charge in [0.25, 0.3) is 5.67 Å². The molecule has 5 atom stereocenters. The lowest BCUT2D eigenvalue weighted by Gasteiger charge is -2.44. The molecule has 0 spiro atoms. The number of alkyl halides is 28. The molecule has 0 saturated heterocycles. The molecule has 36 heteroatoms. The number of ether oxygens (including phenoxy) is 6. The summed E-state index contributed by atoms with van der Waals surface area (Å²) in [7, 11) is 0. The Morgan fingerprint density at radius 2 is 0.730 bits per heavy atom. The van der Waals surface area contributed by atoms with Crippen molar-refractivity contribution < 1.29 is 161 Å². The molecule has 372 valence electrons. The van der Waals surface area contributed by atoms with E-state index < -0.39 is 122 Å². The first-order chi connectivity index (χ1) is 27.4. The minimum Gasteiger partial charge on any atom is -0.462 e. The predicted octanol–water partition coefficient (Wildman–Crippen LogP) is 10.7. The third kappa shape index (κ3) is 11.2. The average molecular weight is 1000 g/mol. The van der Waals surface area contributed by atoms with Gasteiger partial charge < -0.3 is 9.47 Å². The van der Waals surface area contributed by atoms with Crippen LogP contribution in [0.25, 0.3) is 0 Å². The van der Waals surface area contributed by atoms with Crippen LogP contribution < -0.4 is 0 Å². The summed E-state index contributed by atoms with van der Waals surface area (Å²) in [6.45, 7) is -0.579. The molecule has 8 nitrogen and oxygen atoms in total. The van der Waals surface area contributed by atoms with E-state index >= 15 is 0 Å². The van der Waals surface area contributed by atoms with Crippen molar-refractivity contribution in [3.8, 4) is 0 Å². The fraction of sp³-hybridized carbons (Fsp3) is 0.852. The SMILES string of the molecule is C=CC(=O)OCC1CCC(COC(=O)C(F)(OC(F)(F)C(F)(OC(F)(F)C(F)(OC(F)(F)C(F)(OC(F)(F)C(C)(F)C(F)(F)F)C(F)(F)F)C(F)(F)F)C(F)(F)F)C(F)(F)F)CC1. The number of hydrogen-bond donors (Lipinski definition) is 0. The fourth-order valence-corrected chi connectivity index (χ4v) is 4.34. The Kier molecular flexibility index (Phi) is 15.9. The first-order valence-electron chi connectivity index (χ1n) is 15.5. The molecule has 63 heavy (non-hydrogen) atoms.